The number of carbonyl (C=O) groups excluding carboxylic acids is 1. The van der Waals surface area contributed by atoms with Gasteiger partial charge in [0.15, 0.2) is 0 Å². The lowest BCUT2D eigenvalue weighted by molar-refractivity contribution is 0.0549. The molecule has 1 aromatic heterocycles. The maximum Gasteiger partial charge on any atom is 0.272 e. The fourth-order valence-corrected chi connectivity index (χ4v) is 3.92. The highest BCUT2D eigenvalue weighted by atomic mass is 35.5. The first kappa shape index (κ1) is 17.9. The highest BCUT2D eigenvalue weighted by Gasteiger charge is 2.29. The lowest BCUT2D eigenvalue weighted by Crippen LogP contribution is -2.46. The second-order valence-corrected chi connectivity index (χ2v) is 7.39. The number of hydrogen-bond acceptors (Lipinski definition) is 2. The molecule has 0 unspecified atom stereocenters. The number of halogens is 1. The van der Waals surface area contributed by atoms with Crippen LogP contribution in [0.15, 0.2) is 42.5 Å². The van der Waals surface area contributed by atoms with Crippen LogP contribution in [0.1, 0.15) is 56.4 Å². The Labute approximate surface area is 155 Å². The third kappa shape index (κ3) is 4.04. The zero-order chi connectivity index (χ0) is 17.8. The molecule has 0 aliphatic heterocycles. The molecule has 132 valence electrons. The average molecular weight is 357 g/mol. The van der Waals surface area contributed by atoms with Crippen molar-refractivity contribution in [2.24, 2.45) is 0 Å². The SMILES string of the molecule is CC(C)N(C(=O)c1cccc(-c2ccccc2Cl)n1)C1CCCCC1. The monoisotopic (exact) mass is 356 g/mol. The van der Waals surface area contributed by atoms with Crippen molar-refractivity contribution in [2.45, 2.75) is 58.0 Å². The van der Waals surface area contributed by atoms with Gasteiger partial charge >= 0.3 is 0 Å². The normalized spacial score (nSPS) is 15.4. The maximum atomic E-state index is 13.2. The molecule has 1 aliphatic rings. The second kappa shape index (κ2) is 8.01. The zero-order valence-electron chi connectivity index (χ0n) is 14.9. The van der Waals surface area contributed by atoms with Crippen LogP contribution in [0.4, 0.5) is 0 Å². The average Bonchev–Trinajstić information content (AvgIpc) is 2.63. The van der Waals surface area contributed by atoms with Crippen molar-refractivity contribution in [3.63, 3.8) is 0 Å². The molecule has 2 aromatic rings. The first-order valence-corrected chi connectivity index (χ1v) is 9.50. The van der Waals surface area contributed by atoms with Crippen LogP contribution in [0.2, 0.25) is 5.02 Å². The number of carbonyl (C=O) groups is 1. The molecule has 3 rings (SSSR count). The van der Waals surface area contributed by atoms with Gasteiger partial charge in [0.1, 0.15) is 5.69 Å². The van der Waals surface area contributed by atoms with Gasteiger partial charge in [-0.1, -0.05) is 55.1 Å². The van der Waals surface area contributed by atoms with Gasteiger partial charge in [0, 0.05) is 22.7 Å². The Bertz CT molecular complexity index is 738. The quantitative estimate of drug-likeness (QED) is 0.715. The Kier molecular flexibility index (Phi) is 5.74. The Morgan fingerprint density at radius 2 is 1.80 bits per heavy atom. The van der Waals surface area contributed by atoms with Gasteiger partial charge in [-0.15, -0.1) is 0 Å². The summed E-state index contributed by atoms with van der Waals surface area (Å²) < 4.78 is 0. The number of pyridine rings is 1. The first-order chi connectivity index (χ1) is 12.1. The number of amides is 1. The molecule has 0 bridgehead atoms. The maximum absolute atomic E-state index is 13.2. The van der Waals surface area contributed by atoms with Crippen LogP contribution < -0.4 is 0 Å². The van der Waals surface area contributed by atoms with Crippen LogP contribution in [-0.4, -0.2) is 27.9 Å². The van der Waals surface area contributed by atoms with Gasteiger partial charge < -0.3 is 4.90 Å². The minimum absolute atomic E-state index is 0.0239. The second-order valence-electron chi connectivity index (χ2n) is 6.99. The molecule has 4 heteroatoms. The third-order valence-corrected chi connectivity index (χ3v) is 5.21. The Morgan fingerprint density at radius 3 is 2.48 bits per heavy atom. The highest BCUT2D eigenvalue weighted by Crippen LogP contribution is 2.28. The molecule has 0 atom stereocenters. The third-order valence-electron chi connectivity index (χ3n) is 4.88. The van der Waals surface area contributed by atoms with Crippen LogP contribution in [0.25, 0.3) is 11.3 Å². The molecular formula is C21H25ClN2O. The van der Waals surface area contributed by atoms with Gasteiger partial charge in [-0.25, -0.2) is 4.98 Å². The minimum Gasteiger partial charge on any atom is -0.332 e. The van der Waals surface area contributed by atoms with E-state index >= 15 is 0 Å². The van der Waals surface area contributed by atoms with Crippen LogP contribution in [0, 0.1) is 0 Å². The summed E-state index contributed by atoms with van der Waals surface area (Å²) in [6.07, 6.45) is 5.86. The van der Waals surface area contributed by atoms with E-state index in [2.05, 4.69) is 18.8 Å². The van der Waals surface area contributed by atoms with E-state index in [1.165, 1.54) is 19.3 Å². The van der Waals surface area contributed by atoms with Crippen LogP contribution >= 0.6 is 11.6 Å². The van der Waals surface area contributed by atoms with E-state index in [1.54, 1.807) is 6.07 Å². The van der Waals surface area contributed by atoms with E-state index in [-0.39, 0.29) is 11.9 Å². The van der Waals surface area contributed by atoms with Crippen LogP contribution in [-0.2, 0) is 0 Å². The lowest BCUT2D eigenvalue weighted by Gasteiger charge is -2.37. The molecule has 0 radical (unpaired) electrons. The molecule has 0 spiro atoms. The molecular weight excluding hydrogens is 332 g/mol. The number of benzene rings is 1. The van der Waals surface area contributed by atoms with E-state index in [0.29, 0.717) is 16.8 Å². The molecule has 1 heterocycles. The van der Waals surface area contributed by atoms with Crippen molar-refractivity contribution in [1.29, 1.82) is 0 Å². The van der Waals surface area contributed by atoms with Crippen molar-refractivity contribution >= 4 is 17.5 Å². The van der Waals surface area contributed by atoms with E-state index in [4.69, 9.17) is 11.6 Å². The van der Waals surface area contributed by atoms with E-state index in [9.17, 15) is 4.79 Å². The first-order valence-electron chi connectivity index (χ1n) is 9.12. The highest BCUT2D eigenvalue weighted by molar-refractivity contribution is 6.33. The minimum atomic E-state index is 0.0239. The van der Waals surface area contributed by atoms with Gasteiger partial charge in [0.25, 0.3) is 5.91 Å². The molecule has 0 N–H and O–H groups in total. The zero-order valence-corrected chi connectivity index (χ0v) is 15.7. The van der Waals surface area contributed by atoms with Gasteiger partial charge in [0.2, 0.25) is 0 Å². The van der Waals surface area contributed by atoms with Crippen molar-refractivity contribution in [1.82, 2.24) is 9.88 Å². The summed E-state index contributed by atoms with van der Waals surface area (Å²) in [6, 6.07) is 13.7. The van der Waals surface area contributed by atoms with Crippen molar-refractivity contribution < 1.29 is 4.79 Å². The molecule has 1 amide bonds. The molecule has 1 aromatic carbocycles. The van der Waals surface area contributed by atoms with E-state index in [1.807, 2.05) is 41.3 Å². The molecule has 1 fully saturated rings. The van der Waals surface area contributed by atoms with Gasteiger partial charge in [-0.05, 0) is 44.9 Å². The van der Waals surface area contributed by atoms with Crippen LogP contribution in [0.3, 0.4) is 0 Å². The fourth-order valence-electron chi connectivity index (χ4n) is 3.69. The molecule has 25 heavy (non-hydrogen) atoms. The van der Waals surface area contributed by atoms with Gasteiger partial charge in [-0.3, -0.25) is 4.79 Å². The number of aromatic nitrogens is 1. The molecule has 0 saturated heterocycles. The van der Waals surface area contributed by atoms with Crippen molar-refractivity contribution in [2.75, 3.05) is 0 Å². The summed E-state index contributed by atoms with van der Waals surface area (Å²) in [5.41, 5.74) is 2.09. The smallest absolute Gasteiger partial charge is 0.272 e. The number of rotatable bonds is 4. The summed E-state index contributed by atoms with van der Waals surface area (Å²) in [7, 11) is 0. The topological polar surface area (TPSA) is 33.2 Å². The van der Waals surface area contributed by atoms with Crippen molar-refractivity contribution in [3.8, 4) is 11.3 Å². The summed E-state index contributed by atoms with van der Waals surface area (Å²) in [4.78, 5) is 19.8. The lowest BCUT2D eigenvalue weighted by atomic mass is 9.93. The van der Waals surface area contributed by atoms with E-state index in [0.717, 1.165) is 24.1 Å². The summed E-state index contributed by atoms with van der Waals surface area (Å²) in [5, 5.41) is 0.646. The van der Waals surface area contributed by atoms with Crippen molar-refractivity contribution in [3.05, 3.63) is 53.2 Å². The number of nitrogens with zero attached hydrogens (tertiary/aromatic N) is 2. The number of hydrogen-bond donors (Lipinski definition) is 0. The van der Waals surface area contributed by atoms with E-state index < -0.39 is 0 Å². The Balaban J connectivity index is 1.91. The summed E-state index contributed by atoms with van der Waals surface area (Å²) >= 11 is 6.29. The van der Waals surface area contributed by atoms with Gasteiger partial charge in [-0.2, -0.15) is 0 Å². The van der Waals surface area contributed by atoms with Gasteiger partial charge in [0.05, 0.1) is 5.69 Å². The fraction of sp³-hybridized carbons (Fsp3) is 0.429. The standard InChI is InChI=1S/C21H25ClN2O/c1-15(2)24(16-9-4-3-5-10-16)21(25)20-14-8-13-19(23-20)17-11-6-7-12-18(17)22/h6-8,11-16H,3-5,9-10H2,1-2H3. The predicted octanol–water partition coefficient (Wildman–Crippen LogP) is 5.59. The van der Waals surface area contributed by atoms with Crippen LogP contribution in [0.5, 0.6) is 0 Å². The molecule has 3 nitrogen and oxygen atoms in total. The summed E-state index contributed by atoms with van der Waals surface area (Å²) in [6.45, 7) is 4.18. The molecule has 1 aliphatic carbocycles. The molecule has 1 saturated carbocycles. The Hall–Kier alpha value is -1.87. The largest absolute Gasteiger partial charge is 0.332 e. The summed E-state index contributed by atoms with van der Waals surface area (Å²) in [5.74, 6) is 0.0239. The Morgan fingerprint density at radius 1 is 1.08 bits per heavy atom. The predicted molar refractivity (Wildman–Crippen MR) is 103 cm³/mol.